The van der Waals surface area contributed by atoms with Crippen molar-refractivity contribution >= 4 is 35.7 Å². The Morgan fingerprint density at radius 3 is 2.04 bits per heavy atom. The number of phenolic OH excluding ortho intramolecular Hbond substituents is 1. The average Bonchev–Trinajstić information content (AvgIpc) is 2.99. The highest BCUT2D eigenvalue weighted by molar-refractivity contribution is 5.97. The summed E-state index contributed by atoms with van der Waals surface area (Å²) in [7, 11) is 0. The van der Waals surface area contributed by atoms with Crippen LogP contribution in [0.4, 0.5) is 55.4 Å². The average molecular weight is 766 g/mol. The van der Waals surface area contributed by atoms with Gasteiger partial charge in [-0.25, -0.2) is 14.2 Å². The van der Waals surface area contributed by atoms with Gasteiger partial charge in [-0.2, -0.15) is 39.5 Å². The first-order valence-corrected chi connectivity index (χ1v) is 13.5. The molecule has 0 saturated carbocycles. The molecule has 0 spiro atoms. The van der Waals surface area contributed by atoms with Crippen molar-refractivity contribution in [3.63, 3.8) is 0 Å². The number of aromatic nitrogens is 2. The van der Waals surface area contributed by atoms with E-state index in [1.807, 2.05) is 0 Å². The number of carbonyl (C=O) groups excluding carboxylic acids is 1. The maximum atomic E-state index is 14.5. The van der Waals surface area contributed by atoms with Gasteiger partial charge in [-0.3, -0.25) is 24.4 Å². The number of benzene rings is 2. The summed E-state index contributed by atoms with van der Waals surface area (Å²) in [5, 5.41) is 36.5. The van der Waals surface area contributed by atoms with Crippen LogP contribution in [0.15, 0.2) is 41.3 Å². The molecule has 0 bridgehead atoms. The molecule has 0 aliphatic rings. The second kappa shape index (κ2) is 19.9. The summed E-state index contributed by atoms with van der Waals surface area (Å²) in [5.41, 5.74) is 8.34. The van der Waals surface area contributed by atoms with Crippen molar-refractivity contribution < 1.29 is 73.6 Å². The van der Waals surface area contributed by atoms with Crippen molar-refractivity contribution in [2.24, 2.45) is 5.73 Å². The van der Waals surface area contributed by atoms with Gasteiger partial charge >= 0.3 is 25.0 Å². The monoisotopic (exact) mass is 765 g/mol. The van der Waals surface area contributed by atoms with Gasteiger partial charge in [-0.15, -0.1) is 0 Å². The van der Waals surface area contributed by atoms with Crippen molar-refractivity contribution in [1.29, 1.82) is 5.41 Å². The molecule has 3 aromatic rings. The summed E-state index contributed by atoms with van der Waals surface area (Å²) in [4.78, 5) is 47.2. The Labute approximate surface area is 285 Å². The second-order valence-electron chi connectivity index (χ2n) is 9.80. The predicted molar refractivity (Wildman–Crippen MR) is 163 cm³/mol. The van der Waals surface area contributed by atoms with Crippen LogP contribution in [0, 0.1) is 11.2 Å². The third-order valence-electron chi connectivity index (χ3n) is 5.56. The number of rotatable bonds is 8. The number of amidine groups is 1. The number of alkyl halides is 9. The van der Waals surface area contributed by atoms with Gasteiger partial charge in [-0.05, 0) is 38.1 Å². The Morgan fingerprint density at radius 2 is 1.60 bits per heavy atom. The Bertz CT molecular complexity index is 1760. The van der Waals surface area contributed by atoms with Crippen LogP contribution in [0.1, 0.15) is 30.5 Å². The highest BCUT2D eigenvalue weighted by atomic mass is 19.4. The van der Waals surface area contributed by atoms with E-state index in [2.05, 4.69) is 15.6 Å². The van der Waals surface area contributed by atoms with Crippen LogP contribution in [0.5, 0.6) is 5.75 Å². The minimum Gasteiger partial charge on any atom is -0.504 e. The molecule has 1 amide bonds. The Kier molecular flexibility index (Phi) is 17.6. The summed E-state index contributed by atoms with van der Waals surface area (Å²) >= 11 is 0. The van der Waals surface area contributed by atoms with Crippen LogP contribution in [-0.4, -0.2) is 68.0 Å². The lowest BCUT2D eigenvalue weighted by Crippen LogP contribution is -2.35. The molecule has 1 heterocycles. The molecule has 288 valence electrons. The number of carboxylic acid groups (broad SMARTS) is 2. The van der Waals surface area contributed by atoms with Crippen LogP contribution < -0.4 is 27.7 Å². The fraction of sp³-hybridized carbons (Fsp3) is 0.286. The van der Waals surface area contributed by atoms with Gasteiger partial charge in [0.25, 0.3) is 12.0 Å². The van der Waals surface area contributed by atoms with Gasteiger partial charge in [-0.1, -0.05) is 6.07 Å². The summed E-state index contributed by atoms with van der Waals surface area (Å²) < 4.78 is 116. The molecular weight excluding hydrogens is 736 g/mol. The largest absolute Gasteiger partial charge is 0.504 e. The normalized spacial score (nSPS) is 10.8. The number of halogens is 10. The molecule has 0 radical (unpaired) electrons. The summed E-state index contributed by atoms with van der Waals surface area (Å²) in [6, 6.07) is 4.93. The molecule has 2 aromatic carbocycles. The zero-order valence-corrected chi connectivity index (χ0v) is 26.4. The van der Waals surface area contributed by atoms with Crippen LogP contribution in [-0.2, 0) is 33.6 Å². The van der Waals surface area contributed by atoms with Crippen molar-refractivity contribution in [2.75, 3.05) is 11.1 Å². The molecule has 3 rings (SSSR count). The van der Waals surface area contributed by atoms with Crippen LogP contribution in [0.2, 0.25) is 0 Å². The third kappa shape index (κ3) is 15.2. The maximum absolute atomic E-state index is 14.5. The molecular formula is C28H29F10N7O7. The number of hydrogen-bond acceptors (Lipinski definition) is 9. The predicted octanol–water partition coefficient (Wildman–Crippen LogP) is 4.29. The minimum absolute atomic E-state index is 0.0957. The minimum atomic E-state index is -5.08. The van der Waals surface area contributed by atoms with Crippen molar-refractivity contribution in [3.05, 3.63) is 69.4 Å². The highest BCUT2D eigenvalue weighted by Crippen LogP contribution is 2.34. The lowest BCUT2D eigenvalue weighted by Gasteiger charge is -2.17. The first-order valence-electron chi connectivity index (χ1n) is 13.5. The number of nitrogen functional groups attached to an aromatic ring is 2. The third-order valence-corrected chi connectivity index (χ3v) is 5.56. The molecule has 0 aliphatic heterocycles. The van der Waals surface area contributed by atoms with E-state index in [4.69, 9.17) is 36.7 Å². The molecule has 1 aromatic heterocycles. The van der Waals surface area contributed by atoms with E-state index in [0.717, 1.165) is 22.9 Å². The number of anilines is 2. The maximum Gasteiger partial charge on any atom is 0.490 e. The Morgan fingerprint density at radius 1 is 1.08 bits per heavy atom. The summed E-state index contributed by atoms with van der Waals surface area (Å²) in [6.07, 6.45) is -8.65. The van der Waals surface area contributed by atoms with E-state index in [9.17, 15) is 58.6 Å². The molecule has 52 heavy (non-hydrogen) atoms. The number of phenols is 1. The fourth-order valence-electron chi connectivity index (χ4n) is 3.56. The van der Waals surface area contributed by atoms with E-state index >= 15 is 0 Å². The Hall–Kier alpha value is -6.10. The van der Waals surface area contributed by atoms with Gasteiger partial charge in [0.05, 0.1) is 23.0 Å². The van der Waals surface area contributed by atoms with E-state index in [1.54, 1.807) is 13.8 Å². The number of hydrogen-bond donors (Lipinski definition) is 8. The van der Waals surface area contributed by atoms with Gasteiger partial charge < -0.3 is 37.4 Å². The molecule has 0 unspecified atom stereocenters. The number of nitrogens with zero attached hydrogens (tertiary/aromatic N) is 2. The van der Waals surface area contributed by atoms with Crippen LogP contribution in [0.3, 0.4) is 0 Å². The number of amides is 1. The van der Waals surface area contributed by atoms with Crippen molar-refractivity contribution in [2.45, 2.75) is 52.0 Å². The van der Waals surface area contributed by atoms with E-state index in [0.29, 0.717) is 0 Å². The first-order chi connectivity index (χ1) is 23.8. The fourth-order valence-corrected chi connectivity index (χ4v) is 3.56. The molecule has 14 nitrogen and oxygen atoms in total. The Balaban J connectivity index is 0.00000158. The van der Waals surface area contributed by atoms with Crippen LogP contribution >= 0.6 is 0 Å². The molecule has 0 aliphatic carbocycles. The quantitative estimate of drug-likeness (QED) is 0.0529. The molecule has 10 N–H and O–H groups in total. The van der Waals surface area contributed by atoms with Crippen molar-refractivity contribution in [1.82, 2.24) is 14.9 Å². The molecule has 0 saturated heterocycles. The second-order valence-corrected chi connectivity index (χ2v) is 9.80. The topological polar surface area (TPSA) is 247 Å². The molecule has 24 heteroatoms. The lowest BCUT2D eigenvalue weighted by molar-refractivity contribution is -0.192. The van der Waals surface area contributed by atoms with Crippen LogP contribution in [0.25, 0.3) is 11.3 Å². The van der Waals surface area contributed by atoms with Crippen molar-refractivity contribution in [3.8, 4) is 17.0 Å². The van der Waals surface area contributed by atoms with Gasteiger partial charge in [0.1, 0.15) is 12.4 Å². The van der Waals surface area contributed by atoms with Gasteiger partial charge in [0.15, 0.2) is 17.4 Å². The van der Waals surface area contributed by atoms with Gasteiger partial charge in [0.2, 0.25) is 5.91 Å². The molecule has 0 fully saturated rings. The SMILES string of the molecule is CC(C)Nc1ncc(-c2cc(N)cc(C(F)(F)F)c2)n(CC(=O)NCc2ccc(C(=N)N)c(O)c2F)c1=O.FC(F)F.O=C(O)C(F)(F)F.O=CO. The van der Waals surface area contributed by atoms with Gasteiger partial charge in [0, 0.05) is 29.4 Å². The van der Waals surface area contributed by atoms with E-state index < -0.39 is 72.5 Å². The van der Waals surface area contributed by atoms with E-state index in [1.165, 1.54) is 18.2 Å². The standard InChI is InChI=1S/C24H25F4N7O3.C2HF3O2.CHF3.CH2O2/c1-11(2)34-22-23(38)35(17(9-33-22)13-5-14(24(26,27)28)7-15(29)6-13)10-18(36)32-8-12-3-4-16(21(30)31)20(37)19(12)25;3-2(4,5)1(6)7;2-1(3)4;2-1-3/h3-7,9,11,37H,8,10,29H2,1-2H3,(H3,30,31)(H,32,36)(H,33,34);(H,6,7);1H;1H,(H,2,3). The number of nitrogens with one attached hydrogen (secondary N) is 3. The number of nitrogens with two attached hydrogens (primary N) is 2. The molecule has 0 atom stereocenters. The summed E-state index contributed by atoms with van der Waals surface area (Å²) in [5.74, 6) is -6.18. The highest BCUT2D eigenvalue weighted by Gasteiger charge is 2.38. The first kappa shape index (κ1) is 45.9. The smallest absolute Gasteiger partial charge is 0.490 e. The number of carboxylic acids is 1. The summed E-state index contributed by atoms with van der Waals surface area (Å²) in [6.45, 7) is -1.50. The number of aromatic hydroxyl groups is 1. The lowest BCUT2D eigenvalue weighted by atomic mass is 10.1. The number of aliphatic carboxylic acids is 1. The zero-order chi connectivity index (χ0) is 40.7. The van der Waals surface area contributed by atoms with E-state index in [-0.39, 0.29) is 46.4 Å². The zero-order valence-electron chi connectivity index (χ0n) is 26.4. The number of carbonyl (C=O) groups is 3.